The van der Waals surface area contributed by atoms with Gasteiger partial charge in [0.05, 0.1) is 11.5 Å². The Labute approximate surface area is 124 Å². The van der Waals surface area contributed by atoms with E-state index in [0.717, 1.165) is 12.0 Å². The molecule has 0 amide bonds. The van der Waals surface area contributed by atoms with E-state index in [0.29, 0.717) is 29.2 Å². The molecule has 0 spiro atoms. The van der Waals surface area contributed by atoms with Gasteiger partial charge in [0, 0.05) is 18.1 Å². The maximum atomic E-state index is 12.7. The van der Waals surface area contributed by atoms with Crippen LogP contribution in [-0.4, -0.2) is 30.9 Å². The molecule has 0 aromatic heterocycles. The van der Waals surface area contributed by atoms with Crippen LogP contribution in [0.2, 0.25) is 5.02 Å². The van der Waals surface area contributed by atoms with E-state index in [1.54, 1.807) is 13.0 Å². The van der Waals surface area contributed by atoms with Gasteiger partial charge in [-0.2, -0.15) is 4.31 Å². The average Bonchev–Trinajstić information content (AvgIpc) is 2.40. The number of rotatable bonds is 3. The number of benzene rings is 1. The van der Waals surface area contributed by atoms with Crippen molar-refractivity contribution in [3.05, 3.63) is 39.9 Å². The van der Waals surface area contributed by atoms with Gasteiger partial charge in [0.2, 0.25) is 10.0 Å². The largest absolute Gasteiger partial charge is 0.392 e. The molecule has 0 bridgehead atoms. The van der Waals surface area contributed by atoms with Crippen molar-refractivity contribution >= 4 is 21.6 Å². The lowest BCUT2D eigenvalue weighted by atomic mass is 10.1. The second-order valence-electron chi connectivity index (χ2n) is 5.02. The summed E-state index contributed by atoms with van der Waals surface area (Å²) in [6, 6.07) is 3.05. The monoisotopic (exact) mass is 315 g/mol. The first-order valence-corrected chi connectivity index (χ1v) is 8.23. The topological polar surface area (TPSA) is 57.6 Å². The van der Waals surface area contributed by atoms with Crippen LogP contribution in [0.25, 0.3) is 0 Å². The second kappa shape index (κ2) is 5.85. The fourth-order valence-electron chi connectivity index (χ4n) is 2.36. The fourth-order valence-corrected chi connectivity index (χ4v) is 4.46. The van der Waals surface area contributed by atoms with Crippen LogP contribution < -0.4 is 0 Å². The summed E-state index contributed by atoms with van der Waals surface area (Å²) >= 11 is 5.97. The molecule has 0 aliphatic carbocycles. The van der Waals surface area contributed by atoms with Crippen LogP contribution in [0.3, 0.4) is 0 Å². The molecule has 0 fully saturated rings. The molecule has 1 heterocycles. The lowest BCUT2D eigenvalue weighted by Crippen LogP contribution is -2.35. The van der Waals surface area contributed by atoms with Gasteiger partial charge < -0.3 is 5.11 Å². The predicted octanol–water partition coefficient (Wildman–Crippen LogP) is 2.48. The van der Waals surface area contributed by atoms with Gasteiger partial charge in [0.15, 0.2) is 0 Å². The minimum absolute atomic E-state index is 0.184. The van der Waals surface area contributed by atoms with Crippen LogP contribution in [0.5, 0.6) is 0 Å². The Morgan fingerprint density at radius 3 is 2.65 bits per heavy atom. The van der Waals surface area contributed by atoms with E-state index in [1.165, 1.54) is 10.4 Å². The Morgan fingerprint density at radius 2 is 2.05 bits per heavy atom. The van der Waals surface area contributed by atoms with Crippen molar-refractivity contribution in [3.8, 4) is 0 Å². The number of hydrogen-bond acceptors (Lipinski definition) is 3. The Kier molecular flexibility index (Phi) is 4.54. The molecule has 4 nitrogen and oxygen atoms in total. The highest BCUT2D eigenvalue weighted by molar-refractivity contribution is 7.89. The smallest absolute Gasteiger partial charge is 0.243 e. The van der Waals surface area contributed by atoms with Gasteiger partial charge in [-0.05, 0) is 43.5 Å². The zero-order valence-electron chi connectivity index (χ0n) is 11.6. The van der Waals surface area contributed by atoms with Gasteiger partial charge >= 0.3 is 0 Å². The van der Waals surface area contributed by atoms with Gasteiger partial charge in [0.1, 0.15) is 0 Å². The maximum absolute atomic E-state index is 12.7. The van der Waals surface area contributed by atoms with Crippen molar-refractivity contribution in [2.75, 3.05) is 13.1 Å². The molecular weight excluding hydrogens is 298 g/mol. The van der Waals surface area contributed by atoms with Crippen LogP contribution >= 0.6 is 11.6 Å². The molecule has 1 N–H and O–H groups in total. The summed E-state index contributed by atoms with van der Waals surface area (Å²) in [6.45, 7) is 4.27. The molecule has 1 aromatic rings. The molecule has 1 aromatic carbocycles. The third-order valence-corrected chi connectivity index (χ3v) is 5.71. The van der Waals surface area contributed by atoms with Crippen molar-refractivity contribution in [1.29, 1.82) is 0 Å². The van der Waals surface area contributed by atoms with E-state index in [2.05, 4.69) is 6.08 Å². The van der Waals surface area contributed by atoms with Crippen molar-refractivity contribution in [2.24, 2.45) is 0 Å². The molecule has 0 radical (unpaired) electrons. The van der Waals surface area contributed by atoms with Crippen molar-refractivity contribution in [2.45, 2.75) is 31.8 Å². The molecule has 1 aliphatic rings. The van der Waals surface area contributed by atoms with Crippen LogP contribution in [0.15, 0.2) is 28.7 Å². The van der Waals surface area contributed by atoms with E-state index < -0.39 is 10.0 Å². The fraction of sp³-hybridized carbons (Fsp3) is 0.429. The molecule has 0 saturated heterocycles. The Hall–Kier alpha value is -0.880. The van der Waals surface area contributed by atoms with E-state index >= 15 is 0 Å². The molecule has 0 atom stereocenters. The number of sulfonamides is 1. The SMILES string of the molecule is CC1=CCCN(S(=O)(=O)c2cc(Cl)cc(CO)c2C)C1. The molecule has 0 unspecified atom stereocenters. The van der Waals surface area contributed by atoms with Crippen LogP contribution in [0.4, 0.5) is 0 Å². The Morgan fingerprint density at radius 1 is 1.35 bits per heavy atom. The molecular formula is C14H18ClNO3S. The third kappa shape index (κ3) is 2.91. The second-order valence-corrected chi connectivity index (χ2v) is 7.37. The van der Waals surface area contributed by atoms with Crippen molar-refractivity contribution in [1.82, 2.24) is 4.31 Å². The number of aliphatic hydroxyl groups excluding tert-OH is 1. The summed E-state index contributed by atoms with van der Waals surface area (Å²) in [7, 11) is -3.58. The Balaban J connectivity index is 2.50. The molecule has 2 rings (SSSR count). The lowest BCUT2D eigenvalue weighted by Gasteiger charge is -2.26. The minimum Gasteiger partial charge on any atom is -0.392 e. The Bertz CT molecular complexity index is 653. The molecule has 6 heteroatoms. The van der Waals surface area contributed by atoms with Gasteiger partial charge in [-0.3, -0.25) is 0 Å². The summed E-state index contributed by atoms with van der Waals surface area (Å²) < 4.78 is 26.9. The average molecular weight is 316 g/mol. The van der Waals surface area contributed by atoms with E-state index in [-0.39, 0.29) is 11.5 Å². The van der Waals surface area contributed by atoms with Crippen LogP contribution in [0, 0.1) is 6.92 Å². The van der Waals surface area contributed by atoms with Crippen molar-refractivity contribution < 1.29 is 13.5 Å². The number of aliphatic hydroxyl groups is 1. The molecule has 1 aliphatic heterocycles. The third-order valence-electron chi connectivity index (χ3n) is 3.52. The first-order chi connectivity index (χ1) is 9.36. The highest BCUT2D eigenvalue weighted by atomic mass is 35.5. The van der Waals surface area contributed by atoms with Gasteiger partial charge in [-0.15, -0.1) is 0 Å². The quantitative estimate of drug-likeness (QED) is 0.872. The van der Waals surface area contributed by atoms with E-state index in [1.807, 2.05) is 6.92 Å². The molecule has 110 valence electrons. The summed E-state index contributed by atoms with van der Waals surface area (Å²) in [5.74, 6) is 0. The highest BCUT2D eigenvalue weighted by Crippen LogP contribution is 2.28. The first-order valence-electron chi connectivity index (χ1n) is 6.42. The lowest BCUT2D eigenvalue weighted by molar-refractivity contribution is 0.280. The number of halogens is 1. The molecule has 20 heavy (non-hydrogen) atoms. The minimum atomic E-state index is -3.58. The summed E-state index contributed by atoms with van der Waals surface area (Å²) in [5.41, 5.74) is 2.14. The standard InChI is InChI=1S/C14H18ClNO3S/c1-10-4-3-5-16(8-10)20(18,19)14-7-13(15)6-12(9-17)11(14)2/h4,6-7,17H,3,5,8-9H2,1-2H3. The van der Waals surface area contributed by atoms with Gasteiger partial charge in [-0.1, -0.05) is 23.3 Å². The van der Waals surface area contributed by atoms with Crippen LogP contribution in [-0.2, 0) is 16.6 Å². The highest BCUT2D eigenvalue weighted by Gasteiger charge is 2.28. The zero-order chi connectivity index (χ0) is 14.9. The maximum Gasteiger partial charge on any atom is 0.243 e. The van der Waals surface area contributed by atoms with E-state index in [9.17, 15) is 13.5 Å². The zero-order valence-corrected chi connectivity index (χ0v) is 13.1. The number of nitrogens with zero attached hydrogens (tertiary/aromatic N) is 1. The van der Waals surface area contributed by atoms with Gasteiger partial charge in [0.25, 0.3) is 0 Å². The first kappa shape index (κ1) is 15.5. The van der Waals surface area contributed by atoms with Gasteiger partial charge in [-0.25, -0.2) is 8.42 Å². The van der Waals surface area contributed by atoms with E-state index in [4.69, 9.17) is 11.6 Å². The molecule has 0 saturated carbocycles. The summed E-state index contributed by atoms with van der Waals surface area (Å²) in [6.07, 6.45) is 2.77. The number of hydrogen-bond donors (Lipinski definition) is 1. The van der Waals surface area contributed by atoms with Crippen molar-refractivity contribution in [3.63, 3.8) is 0 Å². The van der Waals surface area contributed by atoms with Crippen LogP contribution in [0.1, 0.15) is 24.5 Å². The normalized spacial score (nSPS) is 17.1. The summed E-state index contributed by atoms with van der Waals surface area (Å²) in [5, 5.41) is 9.63. The predicted molar refractivity (Wildman–Crippen MR) is 79.2 cm³/mol. The summed E-state index contributed by atoms with van der Waals surface area (Å²) in [4.78, 5) is 0.184.